The van der Waals surface area contributed by atoms with Crippen LogP contribution in [-0.2, 0) is 9.59 Å². The summed E-state index contributed by atoms with van der Waals surface area (Å²) >= 11 is 2.69. The van der Waals surface area contributed by atoms with Crippen LogP contribution in [0, 0.1) is 5.82 Å². The topological polar surface area (TPSA) is 74.7 Å². The van der Waals surface area contributed by atoms with Crippen LogP contribution in [0.1, 0.15) is 6.42 Å². The number of anilines is 1. The van der Waals surface area contributed by atoms with Crippen LogP contribution in [0.2, 0.25) is 0 Å². The van der Waals surface area contributed by atoms with Gasteiger partial charge in [0.15, 0.2) is 5.17 Å². The van der Waals surface area contributed by atoms with E-state index < -0.39 is 5.25 Å². The zero-order valence-electron chi connectivity index (χ0n) is 14.8. The van der Waals surface area contributed by atoms with Crippen LogP contribution < -0.4 is 5.32 Å². The number of amidine groups is 1. The number of hydrogen-bond donors (Lipinski definition) is 1. The van der Waals surface area contributed by atoms with Crippen molar-refractivity contribution in [1.82, 2.24) is 9.88 Å². The van der Waals surface area contributed by atoms with Crippen molar-refractivity contribution in [2.24, 2.45) is 4.99 Å². The Labute approximate surface area is 168 Å². The second-order valence-corrected chi connectivity index (χ2v) is 8.30. The van der Waals surface area contributed by atoms with Crippen molar-refractivity contribution < 1.29 is 14.0 Å². The maximum Gasteiger partial charge on any atom is 0.242 e. The molecule has 1 atom stereocenters. The lowest BCUT2D eigenvalue weighted by molar-refractivity contribution is -0.127. The Hall–Kier alpha value is -2.78. The monoisotopic (exact) mass is 414 g/mol. The van der Waals surface area contributed by atoms with Gasteiger partial charge in [-0.15, -0.1) is 0 Å². The predicted molar refractivity (Wildman–Crippen MR) is 111 cm³/mol. The van der Waals surface area contributed by atoms with Crippen molar-refractivity contribution in [3.8, 4) is 0 Å². The number of thiazole rings is 1. The van der Waals surface area contributed by atoms with E-state index in [4.69, 9.17) is 0 Å². The average Bonchev–Trinajstić information content (AvgIpc) is 3.20. The number of rotatable bonds is 4. The van der Waals surface area contributed by atoms with Crippen molar-refractivity contribution in [2.45, 2.75) is 11.7 Å². The molecule has 0 radical (unpaired) electrons. The third-order valence-electron chi connectivity index (χ3n) is 4.11. The van der Waals surface area contributed by atoms with Crippen LogP contribution in [0.25, 0.3) is 10.2 Å². The van der Waals surface area contributed by atoms with Crippen molar-refractivity contribution in [3.05, 3.63) is 54.3 Å². The van der Waals surface area contributed by atoms with Gasteiger partial charge in [0.1, 0.15) is 11.1 Å². The van der Waals surface area contributed by atoms with Crippen molar-refractivity contribution in [2.75, 3.05) is 12.4 Å². The molecular formula is C19H15FN4O2S2. The number of carbonyl (C=O) groups is 2. The minimum atomic E-state index is -0.557. The number of aliphatic imine (C=N–C) groups is 1. The smallest absolute Gasteiger partial charge is 0.242 e. The Morgan fingerprint density at radius 1 is 1.25 bits per heavy atom. The SMILES string of the molecule is CN1C(=O)C(CC(=O)Nc2ccc(F)cc2)S/C1=N/c1nc2ccccc2s1. The van der Waals surface area contributed by atoms with E-state index in [1.54, 1.807) is 7.05 Å². The number of carbonyl (C=O) groups excluding carboxylic acids is 2. The number of benzene rings is 2. The zero-order chi connectivity index (χ0) is 19.7. The summed E-state index contributed by atoms with van der Waals surface area (Å²) in [7, 11) is 1.64. The average molecular weight is 414 g/mol. The molecule has 1 aliphatic heterocycles. The lowest BCUT2D eigenvalue weighted by Gasteiger charge is -2.09. The molecule has 0 bridgehead atoms. The summed E-state index contributed by atoms with van der Waals surface area (Å²) < 4.78 is 14.0. The van der Waals surface area contributed by atoms with Crippen LogP contribution in [0.15, 0.2) is 53.5 Å². The number of hydrogen-bond acceptors (Lipinski definition) is 6. The van der Waals surface area contributed by atoms with Crippen molar-refractivity contribution >= 4 is 61.1 Å². The van der Waals surface area contributed by atoms with Gasteiger partial charge in [0.25, 0.3) is 0 Å². The highest BCUT2D eigenvalue weighted by molar-refractivity contribution is 8.15. The van der Waals surface area contributed by atoms with E-state index >= 15 is 0 Å². The zero-order valence-corrected chi connectivity index (χ0v) is 16.4. The number of nitrogens with one attached hydrogen (secondary N) is 1. The Balaban J connectivity index is 1.45. The van der Waals surface area contributed by atoms with E-state index in [9.17, 15) is 14.0 Å². The summed E-state index contributed by atoms with van der Waals surface area (Å²) in [6.07, 6.45) is 0.00405. The van der Waals surface area contributed by atoms with E-state index in [-0.39, 0.29) is 24.1 Å². The summed E-state index contributed by atoms with van der Waals surface area (Å²) in [5.41, 5.74) is 1.35. The van der Waals surface area contributed by atoms with Crippen LogP contribution in [0.5, 0.6) is 0 Å². The molecule has 28 heavy (non-hydrogen) atoms. The van der Waals surface area contributed by atoms with Crippen LogP contribution in [-0.4, -0.2) is 39.2 Å². The van der Waals surface area contributed by atoms with Crippen LogP contribution in [0.4, 0.5) is 15.2 Å². The molecule has 1 aliphatic rings. The van der Waals surface area contributed by atoms with E-state index in [0.29, 0.717) is 16.0 Å². The first-order valence-corrected chi connectivity index (χ1v) is 10.1. The Morgan fingerprint density at radius 2 is 2.00 bits per heavy atom. The second-order valence-electron chi connectivity index (χ2n) is 6.12. The highest BCUT2D eigenvalue weighted by Crippen LogP contribution is 2.33. The number of amides is 2. The molecule has 0 spiro atoms. The van der Waals surface area contributed by atoms with Gasteiger partial charge in [0, 0.05) is 19.2 Å². The maximum absolute atomic E-state index is 13.0. The molecule has 3 aromatic rings. The molecule has 0 saturated carbocycles. The standard InChI is InChI=1S/C19H15FN4O2S2/c1-24-17(26)15(10-16(25)21-12-8-6-11(20)7-9-12)28-19(24)23-18-22-13-4-2-3-5-14(13)27-18/h2-9,15H,10H2,1H3,(H,21,25)/b23-19+. The molecule has 142 valence electrons. The summed E-state index contributed by atoms with van der Waals surface area (Å²) in [6.45, 7) is 0. The maximum atomic E-state index is 13.0. The Morgan fingerprint density at radius 3 is 2.75 bits per heavy atom. The third-order valence-corrected chi connectivity index (χ3v) is 6.27. The molecule has 9 heteroatoms. The van der Waals surface area contributed by atoms with E-state index in [1.807, 2.05) is 24.3 Å². The summed E-state index contributed by atoms with van der Waals surface area (Å²) in [5.74, 6) is -0.872. The summed E-state index contributed by atoms with van der Waals surface area (Å²) in [5, 5.41) is 3.20. The van der Waals surface area contributed by atoms with Gasteiger partial charge in [0.05, 0.1) is 10.2 Å². The van der Waals surface area contributed by atoms with E-state index in [1.165, 1.54) is 52.3 Å². The minimum Gasteiger partial charge on any atom is -0.326 e. The van der Waals surface area contributed by atoms with E-state index in [0.717, 1.165) is 10.2 Å². The number of para-hydroxylation sites is 1. The Kier molecular flexibility index (Phi) is 5.10. The van der Waals surface area contributed by atoms with Gasteiger partial charge in [0.2, 0.25) is 16.9 Å². The first-order valence-electron chi connectivity index (χ1n) is 8.43. The highest BCUT2D eigenvalue weighted by Gasteiger charge is 2.37. The second kappa shape index (κ2) is 7.69. The fraction of sp³-hybridized carbons (Fsp3) is 0.158. The van der Waals surface area contributed by atoms with Crippen LogP contribution in [0.3, 0.4) is 0 Å². The number of fused-ring (bicyclic) bond motifs is 1. The Bertz CT molecular complexity index is 1050. The molecule has 0 aliphatic carbocycles. The van der Waals surface area contributed by atoms with Crippen molar-refractivity contribution in [3.63, 3.8) is 0 Å². The normalized spacial score (nSPS) is 18.2. The minimum absolute atomic E-state index is 0.00405. The first kappa shape index (κ1) is 18.6. The van der Waals surface area contributed by atoms with Crippen molar-refractivity contribution in [1.29, 1.82) is 0 Å². The molecule has 2 amide bonds. The predicted octanol–water partition coefficient (Wildman–Crippen LogP) is 4.03. The molecule has 1 fully saturated rings. The first-order chi connectivity index (χ1) is 13.5. The van der Waals surface area contributed by atoms with Gasteiger partial charge in [-0.25, -0.2) is 9.37 Å². The molecule has 1 unspecified atom stereocenters. The molecule has 2 aromatic carbocycles. The third kappa shape index (κ3) is 3.90. The quantitative estimate of drug-likeness (QED) is 0.700. The highest BCUT2D eigenvalue weighted by atomic mass is 32.2. The van der Waals surface area contributed by atoms with Gasteiger partial charge < -0.3 is 5.32 Å². The van der Waals surface area contributed by atoms with Gasteiger partial charge in [-0.2, -0.15) is 4.99 Å². The molecule has 1 N–H and O–H groups in total. The molecule has 1 saturated heterocycles. The number of nitrogens with zero attached hydrogens (tertiary/aromatic N) is 3. The lowest BCUT2D eigenvalue weighted by Crippen LogP contribution is -2.30. The fourth-order valence-corrected chi connectivity index (χ4v) is 4.73. The number of aromatic nitrogens is 1. The molecular weight excluding hydrogens is 399 g/mol. The number of halogens is 1. The largest absolute Gasteiger partial charge is 0.326 e. The molecule has 6 nitrogen and oxygen atoms in total. The fourth-order valence-electron chi connectivity index (χ4n) is 2.70. The van der Waals surface area contributed by atoms with Crippen LogP contribution >= 0.6 is 23.1 Å². The summed E-state index contributed by atoms with van der Waals surface area (Å²) in [4.78, 5) is 35.1. The van der Waals surface area contributed by atoms with Gasteiger partial charge >= 0.3 is 0 Å². The molecule has 4 rings (SSSR count). The molecule has 2 heterocycles. The molecule has 1 aromatic heterocycles. The lowest BCUT2D eigenvalue weighted by atomic mass is 10.2. The van der Waals surface area contributed by atoms with Gasteiger partial charge in [-0.05, 0) is 36.4 Å². The van der Waals surface area contributed by atoms with Gasteiger partial charge in [-0.1, -0.05) is 35.2 Å². The van der Waals surface area contributed by atoms with E-state index in [2.05, 4.69) is 15.3 Å². The number of thioether (sulfide) groups is 1. The van der Waals surface area contributed by atoms with Gasteiger partial charge in [-0.3, -0.25) is 14.5 Å². The summed E-state index contributed by atoms with van der Waals surface area (Å²) in [6, 6.07) is 13.2.